The van der Waals surface area contributed by atoms with Crippen molar-refractivity contribution in [2.45, 2.75) is 38.8 Å². The summed E-state index contributed by atoms with van der Waals surface area (Å²) < 4.78 is 0. The Morgan fingerprint density at radius 2 is 2.38 bits per heavy atom. The Hall–Kier alpha value is -0.960. The second kappa shape index (κ2) is 3.83. The lowest BCUT2D eigenvalue weighted by molar-refractivity contribution is 0.668. The Kier molecular flexibility index (Phi) is 2.54. The molecular weight excluding hydrogens is 162 g/mol. The van der Waals surface area contributed by atoms with E-state index in [1.54, 1.807) is 0 Å². The first-order chi connectivity index (χ1) is 6.38. The molecule has 0 aromatic carbocycles. The van der Waals surface area contributed by atoms with E-state index in [2.05, 4.69) is 22.2 Å². The van der Waals surface area contributed by atoms with Crippen molar-refractivity contribution in [2.24, 2.45) is 0 Å². The van der Waals surface area contributed by atoms with E-state index >= 15 is 0 Å². The first-order valence-electron chi connectivity index (χ1n) is 4.92. The number of aromatic nitrogens is 2. The van der Waals surface area contributed by atoms with Crippen LogP contribution in [0.2, 0.25) is 0 Å². The lowest BCUT2D eigenvalue weighted by Gasteiger charge is -2.02. The molecule has 3 nitrogen and oxygen atoms in total. The van der Waals surface area contributed by atoms with Gasteiger partial charge in [0, 0.05) is 25.2 Å². The summed E-state index contributed by atoms with van der Waals surface area (Å²) >= 11 is 0. The maximum atomic E-state index is 4.42. The second-order valence-electron chi connectivity index (χ2n) is 3.47. The van der Waals surface area contributed by atoms with Crippen molar-refractivity contribution in [3.63, 3.8) is 0 Å². The van der Waals surface area contributed by atoms with Gasteiger partial charge in [-0.15, -0.1) is 0 Å². The Morgan fingerprint density at radius 1 is 1.54 bits per heavy atom. The van der Waals surface area contributed by atoms with E-state index < -0.39 is 0 Å². The van der Waals surface area contributed by atoms with Crippen molar-refractivity contribution in [3.8, 4) is 0 Å². The van der Waals surface area contributed by atoms with E-state index in [0.717, 1.165) is 30.5 Å². The third-order valence-electron chi connectivity index (χ3n) is 2.23. The van der Waals surface area contributed by atoms with Crippen molar-refractivity contribution in [3.05, 3.63) is 23.8 Å². The fourth-order valence-electron chi connectivity index (χ4n) is 1.25. The van der Waals surface area contributed by atoms with E-state index in [4.69, 9.17) is 0 Å². The van der Waals surface area contributed by atoms with Crippen LogP contribution in [-0.2, 0) is 13.0 Å². The average Bonchev–Trinajstić information content (AvgIpc) is 2.99. The van der Waals surface area contributed by atoms with Gasteiger partial charge < -0.3 is 5.32 Å². The normalized spacial score (nSPS) is 16.1. The fourth-order valence-corrected chi connectivity index (χ4v) is 1.25. The Balaban J connectivity index is 1.93. The molecule has 13 heavy (non-hydrogen) atoms. The molecule has 2 rings (SSSR count). The maximum Gasteiger partial charge on any atom is 0.128 e. The van der Waals surface area contributed by atoms with Gasteiger partial charge in [-0.2, -0.15) is 0 Å². The molecule has 1 fully saturated rings. The maximum absolute atomic E-state index is 4.42. The molecule has 1 heterocycles. The molecule has 1 aliphatic rings. The highest BCUT2D eigenvalue weighted by molar-refractivity contribution is 5.02. The van der Waals surface area contributed by atoms with Gasteiger partial charge in [0.2, 0.25) is 0 Å². The van der Waals surface area contributed by atoms with Crippen LogP contribution in [-0.4, -0.2) is 16.0 Å². The zero-order valence-electron chi connectivity index (χ0n) is 7.95. The zero-order valence-corrected chi connectivity index (χ0v) is 7.95. The molecule has 1 aromatic rings. The molecule has 70 valence electrons. The van der Waals surface area contributed by atoms with Gasteiger partial charge in [0.05, 0.1) is 5.69 Å². The summed E-state index contributed by atoms with van der Waals surface area (Å²) in [6.45, 7) is 2.97. The summed E-state index contributed by atoms with van der Waals surface area (Å²) in [6.07, 6.45) is 5.41. The molecule has 1 saturated carbocycles. The van der Waals surface area contributed by atoms with Gasteiger partial charge >= 0.3 is 0 Å². The van der Waals surface area contributed by atoms with Gasteiger partial charge in [0.25, 0.3) is 0 Å². The Bertz CT molecular complexity index is 281. The van der Waals surface area contributed by atoms with E-state index in [-0.39, 0.29) is 0 Å². The lowest BCUT2D eigenvalue weighted by Crippen LogP contribution is -2.16. The molecule has 0 amide bonds. The van der Waals surface area contributed by atoms with Crippen molar-refractivity contribution in [2.75, 3.05) is 0 Å². The summed E-state index contributed by atoms with van der Waals surface area (Å²) in [5.74, 6) is 0.940. The van der Waals surface area contributed by atoms with Crippen LogP contribution < -0.4 is 5.32 Å². The molecule has 0 bridgehead atoms. The van der Waals surface area contributed by atoms with Crippen LogP contribution in [0.15, 0.2) is 12.3 Å². The molecule has 1 aliphatic carbocycles. The Labute approximate surface area is 78.6 Å². The van der Waals surface area contributed by atoms with Gasteiger partial charge in [-0.3, -0.25) is 0 Å². The smallest absolute Gasteiger partial charge is 0.128 e. The minimum atomic E-state index is 0.750. The topological polar surface area (TPSA) is 37.8 Å². The molecule has 0 radical (unpaired) electrons. The number of nitrogens with zero attached hydrogens (tertiary/aromatic N) is 2. The SMILES string of the molecule is CCc1nccc(CNC2CC2)n1. The van der Waals surface area contributed by atoms with Gasteiger partial charge in [-0.05, 0) is 18.9 Å². The van der Waals surface area contributed by atoms with Crippen molar-refractivity contribution >= 4 is 0 Å². The van der Waals surface area contributed by atoms with Gasteiger partial charge in [-0.25, -0.2) is 9.97 Å². The highest BCUT2D eigenvalue weighted by atomic mass is 15.0. The number of hydrogen-bond donors (Lipinski definition) is 1. The highest BCUT2D eigenvalue weighted by Crippen LogP contribution is 2.18. The predicted molar refractivity (Wildman–Crippen MR) is 51.3 cm³/mol. The van der Waals surface area contributed by atoms with Crippen LogP contribution in [0.1, 0.15) is 31.3 Å². The van der Waals surface area contributed by atoms with Gasteiger partial charge in [-0.1, -0.05) is 6.92 Å². The van der Waals surface area contributed by atoms with Crippen LogP contribution in [0.3, 0.4) is 0 Å². The molecule has 3 heteroatoms. The molecular formula is C10H15N3. The molecule has 1 aromatic heterocycles. The van der Waals surface area contributed by atoms with Crippen molar-refractivity contribution < 1.29 is 0 Å². The third-order valence-corrected chi connectivity index (χ3v) is 2.23. The molecule has 0 atom stereocenters. The first-order valence-corrected chi connectivity index (χ1v) is 4.92. The van der Waals surface area contributed by atoms with E-state index in [1.807, 2.05) is 12.3 Å². The quantitative estimate of drug-likeness (QED) is 0.753. The lowest BCUT2D eigenvalue weighted by atomic mass is 10.3. The standard InChI is InChI=1S/C10H15N3/c1-2-10-11-6-5-9(13-10)7-12-8-3-4-8/h5-6,8,12H,2-4,7H2,1H3. The van der Waals surface area contributed by atoms with Crippen LogP contribution in [0.5, 0.6) is 0 Å². The van der Waals surface area contributed by atoms with Gasteiger partial charge in [0.15, 0.2) is 0 Å². The van der Waals surface area contributed by atoms with Crippen LogP contribution in [0.4, 0.5) is 0 Å². The number of rotatable bonds is 4. The highest BCUT2D eigenvalue weighted by Gasteiger charge is 2.20. The van der Waals surface area contributed by atoms with Crippen LogP contribution in [0.25, 0.3) is 0 Å². The summed E-state index contributed by atoms with van der Waals surface area (Å²) in [6, 6.07) is 2.73. The first kappa shape index (κ1) is 8.63. The number of aryl methyl sites for hydroxylation is 1. The predicted octanol–water partition coefficient (Wildman–Crippen LogP) is 1.29. The zero-order chi connectivity index (χ0) is 9.10. The van der Waals surface area contributed by atoms with Crippen LogP contribution >= 0.6 is 0 Å². The van der Waals surface area contributed by atoms with E-state index in [1.165, 1.54) is 12.8 Å². The minimum Gasteiger partial charge on any atom is -0.308 e. The largest absolute Gasteiger partial charge is 0.308 e. The molecule has 0 spiro atoms. The number of nitrogens with one attached hydrogen (secondary N) is 1. The molecule has 0 saturated heterocycles. The summed E-state index contributed by atoms with van der Waals surface area (Å²) in [7, 11) is 0. The monoisotopic (exact) mass is 177 g/mol. The minimum absolute atomic E-state index is 0.750. The molecule has 0 unspecified atom stereocenters. The van der Waals surface area contributed by atoms with Crippen molar-refractivity contribution in [1.29, 1.82) is 0 Å². The van der Waals surface area contributed by atoms with E-state index in [9.17, 15) is 0 Å². The molecule has 1 N–H and O–H groups in total. The van der Waals surface area contributed by atoms with Crippen molar-refractivity contribution in [1.82, 2.24) is 15.3 Å². The summed E-state index contributed by atoms with van der Waals surface area (Å²) in [5.41, 5.74) is 1.11. The van der Waals surface area contributed by atoms with Gasteiger partial charge in [0.1, 0.15) is 5.82 Å². The fraction of sp³-hybridized carbons (Fsp3) is 0.600. The molecule has 0 aliphatic heterocycles. The average molecular weight is 177 g/mol. The third kappa shape index (κ3) is 2.49. The Morgan fingerprint density at radius 3 is 3.08 bits per heavy atom. The second-order valence-corrected chi connectivity index (χ2v) is 3.47. The van der Waals surface area contributed by atoms with Crippen LogP contribution in [0, 0.1) is 0 Å². The summed E-state index contributed by atoms with van der Waals surface area (Å²) in [4.78, 5) is 8.58. The summed E-state index contributed by atoms with van der Waals surface area (Å²) in [5, 5.41) is 3.43. The number of hydrogen-bond acceptors (Lipinski definition) is 3. The van der Waals surface area contributed by atoms with E-state index in [0.29, 0.717) is 0 Å².